The largest absolute Gasteiger partial charge is 0.421 e. The van der Waals surface area contributed by atoms with Crippen LogP contribution >= 0.6 is 0 Å². The second kappa shape index (κ2) is 6.72. The predicted octanol–water partition coefficient (Wildman–Crippen LogP) is 2.41. The van der Waals surface area contributed by atoms with Crippen LogP contribution in [0.25, 0.3) is 11.0 Å². The fourth-order valence-electron chi connectivity index (χ4n) is 2.94. The number of halogens is 2. The highest BCUT2D eigenvalue weighted by atomic mass is 32.2. The maximum absolute atomic E-state index is 13.7. The van der Waals surface area contributed by atoms with Crippen molar-refractivity contribution in [3.8, 4) is 11.8 Å². The minimum atomic E-state index is -3.05. The number of rotatable bonds is 4. The molecule has 0 aliphatic carbocycles. The van der Waals surface area contributed by atoms with Crippen LogP contribution in [0.15, 0.2) is 24.4 Å². The first-order valence-corrected chi connectivity index (χ1v) is 10.0. The van der Waals surface area contributed by atoms with Gasteiger partial charge in [-0.1, -0.05) is 0 Å². The number of ether oxygens (including phenoxy) is 1. The lowest BCUT2D eigenvalue weighted by Gasteiger charge is -2.22. The van der Waals surface area contributed by atoms with E-state index in [1.807, 2.05) is 0 Å². The van der Waals surface area contributed by atoms with E-state index in [4.69, 9.17) is 4.74 Å². The molecule has 1 unspecified atom stereocenters. The lowest BCUT2D eigenvalue weighted by molar-refractivity contribution is 0.409. The average Bonchev–Trinajstić information content (AvgIpc) is 2.99. The van der Waals surface area contributed by atoms with Crippen molar-refractivity contribution in [2.24, 2.45) is 0 Å². The van der Waals surface area contributed by atoms with E-state index in [0.29, 0.717) is 29.3 Å². The van der Waals surface area contributed by atoms with Crippen molar-refractivity contribution in [1.82, 2.24) is 20.2 Å². The van der Waals surface area contributed by atoms with Crippen LogP contribution in [0.4, 0.5) is 14.6 Å². The Bertz CT molecular complexity index is 1100. The molecule has 142 valence electrons. The smallest absolute Gasteiger partial charge is 0.324 e. The number of anilines is 1. The number of benzene rings is 1. The Kier molecular flexibility index (Phi) is 4.38. The van der Waals surface area contributed by atoms with Crippen molar-refractivity contribution in [2.45, 2.75) is 18.9 Å². The molecule has 1 aliphatic heterocycles. The summed E-state index contributed by atoms with van der Waals surface area (Å²) in [5.41, 5.74) is 0.337. The molecule has 0 amide bonds. The van der Waals surface area contributed by atoms with Gasteiger partial charge in [-0.25, -0.2) is 22.2 Å². The third kappa shape index (κ3) is 3.82. The Morgan fingerprint density at radius 2 is 2.15 bits per heavy atom. The second-order valence-corrected chi connectivity index (χ2v) is 8.49. The molecule has 1 fully saturated rings. The Morgan fingerprint density at radius 3 is 2.93 bits per heavy atom. The Morgan fingerprint density at radius 1 is 1.30 bits per heavy atom. The molecule has 11 heteroatoms. The molecule has 4 rings (SSSR count). The van der Waals surface area contributed by atoms with Gasteiger partial charge in [0.25, 0.3) is 0 Å². The zero-order valence-corrected chi connectivity index (χ0v) is 14.8. The summed E-state index contributed by atoms with van der Waals surface area (Å²) >= 11 is 0. The van der Waals surface area contributed by atoms with E-state index in [1.54, 1.807) is 0 Å². The number of sulfone groups is 1. The molecule has 3 aromatic rings. The van der Waals surface area contributed by atoms with E-state index in [9.17, 15) is 17.2 Å². The molecule has 1 aromatic carbocycles. The van der Waals surface area contributed by atoms with E-state index in [2.05, 4.69) is 25.5 Å². The van der Waals surface area contributed by atoms with E-state index in [0.717, 1.165) is 18.6 Å². The summed E-state index contributed by atoms with van der Waals surface area (Å²) in [6.45, 7) is 0. The van der Waals surface area contributed by atoms with E-state index in [1.165, 1.54) is 6.20 Å². The van der Waals surface area contributed by atoms with Crippen molar-refractivity contribution in [3.05, 3.63) is 36.0 Å². The molecule has 1 atom stereocenters. The van der Waals surface area contributed by atoms with E-state index < -0.39 is 21.5 Å². The van der Waals surface area contributed by atoms with Gasteiger partial charge in [0.1, 0.15) is 5.82 Å². The average molecular weight is 395 g/mol. The maximum atomic E-state index is 13.7. The number of nitrogens with zero attached hydrogens (tertiary/aromatic N) is 3. The summed E-state index contributed by atoms with van der Waals surface area (Å²) in [6, 6.07) is 2.53. The van der Waals surface area contributed by atoms with Crippen LogP contribution in [-0.2, 0) is 9.84 Å². The first-order chi connectivity index (χ1) is 12.9. The zero-order valence-electron chi connectivity index (χ0n) is 13.9. The third-order valence-corrected chi connectivity index (χ3v) is 6.02. The SMILES string of the molecule is O=S1(=O)CCCC(Nc2n[nH]c3nc(Oc4ccc(F)cc4F)ncc23)C1. The van der Waals surface area contributed by atoms with E-state index in [-0.39, 0.29) is 29.3 Å². The zero-order chi connectivity index (χ0) is 19.0. The molecule has 3 heterocycles. The Labute approximate surface area is 152 Å². The van der Waals surface area contributed by atoms with Crippen molar-refractivity contribution in [1.29, 1.82) is 0 Å². The van der Waals surface area contributed by atoms with Gasteiger partial charge in [-0.2, -0.15) is 10.1 Å². The molecule has 0 saturated carbocycles. The van der Waals surface area contributed by atoms with Crippen LogP contribution in [0.5, 0.6) is 11.8 Å². The number of nitrogens with one attached hydrogen (secondary N) is 2. The molecule has 0 radical (unpaired) electrons. The number of hydrogen-bond acceptors (Lipinski definition) is 7. The molecule has 1 saturated heterocycles. The summed E-state index contributed by atoms with van der Waals surface area (Å²) in [6.07, 6.45) is 2.75. The minimum absolute atomic E-state index is 0.0489. The van der Waals surface area contributed by atoms with Gasteiger partial charge < -0.3 is 10.1 Å². The molecule has 1 aliphatic rings. The van der Waals surface area contributed by atoms with Gasteiger partial charge in [0.15, 0.2) is 32.9 Å². The van der Waals surface area contributed by atoms with Crippen LogP contribution < -0.4 is 10.1 Å². The van der Waals surface area contributed by atoms with Crippen LogP contribution in [0, 0.1) is 11.6 Å². The van der Waals surface area contributed by atoms with E-state index >= 15 is 0 Å². The summed E-state index contributed by atoms with van der Waals surface area (Å²) in [5, 5.41) is 10.4. The van der Waals surface area contributed by atoms with Crippen molar-refractivity contribution >= 4 is 26.7 Å². The minimum Gasteiger partial charge on any atom is -0.421 e. The molecule has 0 spiro atoms. The normalized spacial score (nSPS) is 19.1. The molecule has 8 nitrogen and oxygen atoms in total. The highest BCUT2D eigenvalue weighted by Gasteiger charge is 2.25. The maximum Gasteiger partial charge on any atom is 0.324 e. The number of hydrogen-bond donors (Lipinski definition) is 2. The second-order valence-electron chi connectivity index (χ2n) is 6.26. The fraction of sp³-hybridized carbons (Fsp3) is 0.312. The number of aromatic amines is 1. The summed E-state index contributed by atoms with van der Waals surface area (Å²) in [7, 11) is -3.05. The molecule has 27 heavy (non-hydrogen) atoms. The quantitative estimate of drug-likeness (QED) is 0.698. The number of fused-ring (bicyclic) bond motifs is 1. The Balaban J connectivity index is 1.54. The van der Waals surface area contributed by atoms with Gasteiger partial charge in [-0.3, -0.25) is 5.10 Å². The van der Waals surface area contributed by atoms with Gasteiger partial charge in [0, 0.05) is 18.3 Å². The molecule has 2 aromatic heterocycles. The summed E-state index contributed by atoms with van der Waals surface area (Å²) in [5.74, 6) is -1.11. The lowest BCUT2D eigenvalue weighted by Crippen LogP contribution is -2.34. The van der Waals surface area contributed by atoms with Crippen molar-refractivity contribution < 1.29 is 21.9 Å². The monoisotopic (exact) mass is 395 g/mol. The van der Waals surface area contributed by atoms with Crippen molar-refractivity contribution in [3.63, 3.8) is 0 Å². The van der Waals surface area contributed by atoms with Crippen LogP contribution in [-0.4, -0.2) is 46.1 Å². The van der Waals surface area contributed by atoms with Gasteiger partial charge >= 0.3 is 6.01 Å². The van der Waals surface area contributed by atoms with Crippen molar-refractivity contribution in [2.75, 3.05) is 16.8 Å². The van der Waals surface area contributed by atoms with Gasteiger partial charge in [0.05, 0.1) is 16.9 Å². The van der Waals surface area contributed by atoms with Crippen LogP contribution in [0.2, 0.25) is 0 Å². The highest BCUT2D eigenvalue weighted by Crippen LogP contribution is 2.26. The number of H-pyrrole nitrogens is 1. The molecular weight excluding hydrogens is 380 g/mol. The fourth-order valence-corrected chi connectivity index (χ4v) is 4.58. The Hall–Kier alpha value is -2.82. The lowest BCUT2D eigenvalue weighted by atomic mass is 10.2. The third-order valence-electron chi connectivity index (χ3n) is 4.19. The topological polar surface area (TPSA) is 110 Å². The first kappa shape index (κ1) is 17.6. The summed E-state index contributed by atoms with van der Waals surface area (Å²) < 4.78 is 55.4. The van der Waals surface area contributed by atoms with Gasteiger partial charge in [0.2, 0.25) is 0 Å². The summed E-state index contributed by atoms with van der Waals surface area (Å²) in [4.78, 5) is 8.11. The van der Waals surface area contributed by atoms with Gasteiger partial charge in [-0.15, -0.1) is 0 Å². The standard InChI is InChI=1S/C16H15F2N5O3S/c17-9-3-4-13(12(18)6-9)26-16-19-7-11-14(22-23-15(11)21-16)20-10-2-1-5-27(24,25)8-10/h3-4,6-7,10H,1-2,5,8H2,(H2,19,20,21,22,23). The first-order valence-electron chi connectivity index (χ1n) is 8.21. The predicted molar refractivity (Wildman–Crippen MR) is 93.4 cm³/mol. The number of aromatic nitrogens is 4. The van der Waals surface area contributed by atoms with Crippen LogP contribution in [0.3, 0.4) is 0 Å². The highest BCUT2D eigenvalue weighted by molar-refractivity contribution is 7.91. The van der Waals surface area contributed by atoms with Gasteiger partial charge in [-0.05, 0) is 25.0 Å². The van der Waals surface area contributed by atoms with Crippen LogP contribution in [0.1, 0.15) is 12.8 Å². The molecular formula is C16H15F2N5O3S. The molecule has 2 N–H and O–H groups in total. The molecule has 0 bridgehead atoms.